The molecule has 37 heavy (non-hydrogen) atoms. The lowest BCUT2D eigenvalue weighted by molar-refractivity contribution is -0.144. The molecule has 0 radical (unpaired) electrons. The maximum Gasteiger partial charge on any atom is 0.329 e. The van der Waals surface area contributed by atoms with Gasteiger partial charge in [0.1, 0.15) is 17.6 Å². The third-order valence-electron chi connectivity index (χ3n) is 6.52. The summed E-state index contributed by atoms with van der Waals surface area (Å²) in [4.78, 5) is 29.3. The van der Waals surface area contributed by atoms with Gasteiger partial charge in [-0.05, 0) is 63.6 Å². The number of Topliss-reactive ketones (excluding diaryl/α,β-unsaturated/α-hetero) is 1. The highest BCUT2D eigenvalue weighted by Crippen LogP contribution is 2.26. The molecule has 0 fully saturated rings. The SMILES string of the molecule is COC(=O)[C@H](Cc1ccc(OCCc2nc(-c3ccccc3)oc2C)cc1)n1c(C)cc(C(C)=O)c1C. The number of hydrogen-bond donors (Lipinski definition) is 0. The summed E-state index contributed by atoms with van der Waals surface area (Å²) in [6, 6.07) is 18.7. The van der Waals surface area contributed by atoms with Crippen LogP contribution in [0.5, 0.6) is 5.75 Å². The van der Waals surface area contributed by atoms with Crippen molar-refractivity contribution in [2.45, 2.75) is 46.6 Å². The molecule has 0 N–H and O–H groups in total. The highest BCUT2D eigenvalue weighted by atomic mass is 16.5. The van der Waals surface area contributed by atoms with E-state index in [-0.39, 0.29) is 11.8 Å². The molecule has 0 bridgehead atoms. The van der Waals surface area contributed by atoms with Crippen LogP contribution in [0.2, 0.25) is 0 Å². The van der Waals surface area contributed by atoms with Gasteiger partial charge in [-0.15, -0.1) is 0 Å². The molecular formula is C30H32N2O5. The second kappa shape index (κ2) is 11.3. The summed E-state index contributed by atoms with van der Waals surface area (Å²) < 4.78 is 18.8. The number of ketones is 1. The van der Waals surface area contributed by atoms with Crippen LogP contribution in [0.1, 0.15) is 51.7 Å². The Morgan fingerprint density at radius 3 is 2.35 bits per heavy atom. The summed E-state index contributed by atoms with van der Waals surface area (Å²) in [5, 5.41) is 0. The molecule has 2 heterocycles. The lowest BCUT2D eigenvalue weighted by Gasteiger charge is -2.21. The first kappa shape index (κ1) is 25.9. The van der Waals surface area contributed by atoms with Crippen LogP contribution in [0.3, 0.4) is 0 Å². The van der Waals surface area contributed by atoms with E-state index in [9.17, 15) is 9.59 Å². The summed E-state index contributed by atoms with van der Waals surface area (Å²) >= 11 is 0. The van der Waals surface area contributed by atoms with Gasteiger partial charge in [0.25, 0.3) is 0 Å². The monoisotopic (exact) mass is 500 g/mol. The number of hydrogen-bond acceptors (Lipinski definition) is 6. The molecule has 1 atom stereocenters. The fourth-order valence-corrected chi connectivity index (χ4v) is 4.60. The number of rotatable bonds is 10. The van der Waals surface area contributed by atoms with E-state index in [4.69, 9.17) is 13.9 Å². The maximum absolute atomic E-state index is 12.7. The molecule has 0 saturated heterocycles. The lowest BCUT2D eigenvalue weighted by Crippen LogP contribution is -2.25. The summed E-state index contributed by atoms with van der Waals surface area (Å²) in [6.45, 7) is 7.65. The standard InChI is InChI=1S/C30H32N2O5/c1-19-17-26(21(3)33)20(2)32(19)28(30(34)35-5)18-23-11-13-25(14-12-23)36-16-15-27-22(4)37-29(31-27)24-9-7-6-8-10-24/h6-14,17,28H,15-16,18H2,1-5H3/t28-/m0/s1. The Morgan fingerprint density at radius 1 is 1.03 bits per heavy atom. The minimum absolute atomic E-state index is 0.0263. The number of carbonyl (C=O) groups is 2. The predicted molar refractivity (Wildman–Crippen MR) is 141 cm³/mol. The second-order valence-corrected chi connectivity index (χ2v) is 9.08. The van der Waals surface area contributed by atoms with Crippen molar-refractivity contribution >= 4 is 11.8 Å². The Hall–Kier alpha value is -4.13. The lowest BCUT2D eigenvalue weighted by atomic mass is 10.0. The zero-order valence-electron chi connectivity index (χ0n) is 21.9. The molecule has 2 aromatic heterocycles. The van der Waals surface area contributed by atoms with Crippen LogP contribution >= 0.6 is 0 Å². The van der Waals surface area contributed by atoms with Crippen molar-refractivity contribution in [2.75, 3.05) is 13.7 Å². The van der Waals surface area contributed by atoms with Gasteiger partial charge in [-0.25, -0.2) is 9.78 Å². The van der Waals surface area contributed by atoms with Crippen molar-refractivity contribution in [3.63, 3.8) is 0 Å². The van der Waals surface area contributed by atoms with Crippen molar-refractivity contribution in [2.24, 2.45) is 0 Å². The minimum Gasteiger partial charge on any atom is -0.493 e. The van der Waals surface area contributed by atoms with Gasteiger partial charge in [-0.2, -0.15) is 0 Å². The fraction of sp³-hybridized carbons (Fsp3) is 0.300. The van der Waals surface area contributed by atoms with Crippen LogP contribution < -0.4 is 4.74 Å². The van der Waals surface area contributed by atoms with Gasteiger partial charge in [-0.1, -0.05) is 30.3 Å². The molecule has 4 rings (SSSR count). The molecule has 0 aliphatic heterocycles. The first-order valence-electron chi connectivity index (χ1n) is 12.3. The summed E-state index contributed by atoms with van der Waals surface area (Å²) in [6.07, 6.45) is 1.06. The van der Waals surface area contributed by atoms with Gasteiger partial charge < -0.3 is 18.5 Å². The number of aryl methyl sites for hydroxylation is 2. The largest absolute Gasteiger partial charge is 0.493 e. The quantitative estimate of drug-likeness (QED) is 0.201. The number of nitrogens with zero attached hydrogens (tertiary/aromatic N) is 2. The van der Waals surface area contributed by atoms with Crippen molar-refractivity contribution in [3.05, 3.63) is 94.6 Å². The predicted octanol–water partition coefficient (Wildman–Crippen LogP) is 5.85. The van der Waals surface area contributed by atoms with Gasteiger partial charge in [0.15, 0.2) is 5.78 Å². The Balaban J connectivity index is 1.41. The Kier molecular flexibility index (Phi) is 7.92. The van der Waals surface area contributed by atoms with Crippen LogP contribution in [0.25, 0.3) is 11.5 Å². The molecule has 0 unspecified atom stereocenters. The van der Waals surface area contributed by atoms with E-state index in [2.05, 4.69) is 4.98 Å². The van der Waals surface area contributed by atoms with Gasteiger partial charge in [-0.3, -0.25) is 4.79 Å². The normalized spacial score (nSPS) is 11.8. The third-order valence-corrected chi connectivity index (χ3v) is 6.52. The van der Waals surface area contributed by atoms with E-state index < -0.39 is 6.04 Å². The number of oxazole rings is 1. The molecule has 0 saturated carbocycles. The average Bonchev–Trinajstić information content (AvgIpc) is 3.42. The fourth-order valence-electron chi connectivity index (χ4n) is 4.60. The first-order chi connectivity index (χ1) is 17.8. The number of benzene rings is 2. The van der Waals surface area contributed by atoms with E-state index in [1.807, 2.05) is 86.0 Å². The van der Waals surface area contributed by atoms with Crippen LogP contribution in [0.15, 0.2) is 65.1 Å². The third kappa shape index (κ3) is 5.82. The zero-order chi connectivity index (χ0) is 26.5. The summed E-state index contributed by atoms with van der Waals surface area (Å²) in [5.41, 5.74) is 5.00. The van der Waals surface area contributed by atoms with E-state index >= 15 is 0 Å². The minimum atomic E-state index is -0.571. The van der Waals surface area contributed by atoms with E-state index in [0.29, 0.717) is 30.9 Å². The summed E-state index contributed by atoms with van der Waals surface area (Å²) in [5.74, 6) is 1.75. The number of carbonyl (C=O) groups excluding carboxylic acids is 2. The van der Waals surface area contributed by atoms with E-state index in [1.165, 1.54) is 14.0 Å². The molecule has 0 aliphatic rings. The van der Waals surface area contributed by atoms with Crippen LogP contribution in [-0.2, 0) is 22.4 Å². The molecule has 7 heteroatoms. The Bertz CT molecular complexity index is 1380. The first-order valence-corrected chi connectivity index (χ1v) is 12.3. The van der Waals surface area contributed by atoms with Crippen molar-refractivity contribution in [1.82, 2.24) is 9.55 Å². The molecule has 7 nitrogen and oxygen atoms in total. The smallest absolute Gasteiger partial charge is 0.329 e. The van der Waals surface area contributed by atoms with E-state index in [0.717, 1.165) is 39.7 Å². The molecule has 0 aliphatic carbocycles. The Morgan fingerprint density at radius 2 is 1.73 bits per heavy atom. The van der Waals surface area contributed by atoms with Crippen molar-refractivity contribution in [3.8, 4) is 17.2 Å². The Labute approximate surface area is 217 Å². The molecule has 0 spiro atoms. The van der Waals surface area contributed by atoms with Gasteiger partial charge >= 0.3 is 5.97 Å². The number of methoxy groups -OCH3 is 1. The highest BCUT2D eigenvalue weighted by Gasteiger charge is 2.26. The van der Waals surface area contributed by atoms with Gasteiger partial charge in [0, 0.05) is 35.4 Å². The van der Waals surface area contributed by atoms with Crippen LogP contribution in [0, 0.1) is 20.8 Å². The number of ether oxygens (including phenoxy) is 2. The van der Waals surface area contributed by atoms with Gasteiger partial charge in [0.05, 0.1) is 19.4 Å². The van der Waals surface area contributed by atoms with Gasteiger partial charge in [0.2, 0.25) is 5.89 Å². The molecule has 0 amide bonds. The molecular weight excluding hydrogens is 468 g/mol. The molecule has 4 aromatic rings. The topological polar surface area (TPSA) is 83.6 Å². The highest BCUT2D eigenvalue weighted by molar-refractivity contribution is 5.95. The summed E-state index contributed by atoms with van der Waals surface area (Å²) in [7, 11) is 1.38. The van der Waals surface area contributed by atoms with Crippen LogP contribution in [-0.4, -0.2) is 35.0 Å². The van der Waals surface area contributed by atoms with Crippen molar-refractivity contribution in [1.29, 1.82) is 0 Å². The average molecular weight is 501 g/mol. The molecule has 2 aromatic carbocycles. The zero-order valence-corrected chi connectivity index (χ0v) is 21.9. The van der Waals surface area contributed by atoms with Crippen molar-refractivity contribution < 1.29 is 23.5 Å². The van der Waals surface area contributed by atoms with E-state index in [1.54, 1.807) is 0 Å². The molecule has 192 valence electrons. The maximum atomic E-state index is 12.7. The number of aromatic nitrogens is 2. The second-order valence-electron chi connectivity index (χ2n) is 9.08. The van der Waals surface area contributed by atoms with Crippen LogP contribution in [0.4, 0.5) is 0 Å². The number of esters is 1.